The van der Waals surface area contributed by atoms with Crippen LogP contribution in [0.3, 0.4) is 0 Å². The number of aliphatic hydroxyl groups excluding tert-OH is 2. The highest BCUT2D eigenvalue weighted by Crippen LogP contribution is 2.36. The SMILES string of the molecule is CCCCCCCC[C@H](O)[C@@H](/C=C/[C@H](O)CCCCCO[Si](C)(C)C(C)(C)C)OCc1ccccc1. The predicted molar refractivity (Wildman–Crippen MR) is 156 cm³/mol. The van der Waals surface area contributed by atoms with Crippen LogP contribution in [0.15, 0.2) is 42.5 Å². The summed E-state index contributed by atoms with van der Waals surface area (Å²) >= 11 is 0. The van der Waals surface area contributed by atoms with Gasteiger partial charge in [-0.05, 0) is 43.0 Å². The molecule has 0 aromatic heterocycles. The second-order valence-corrected chi connectivity index (χ2v) is 16.6. The van der Waals surface area contributed by atoms with E-state index in [2.05, 4.69) is 40.8 Å². The zero-order valence-corrected chi connectivity index (χ0v) is 25.2. The van der Waals surface area contributed by atoms with E-state index in [4.69, 9.17) is 9.16 Å². The third-order valence-corrected chi connectivity index (χ3v) is 12.0. The van der Waals surface area contributed by atoms with Gasteiger partial charge in [-0.3, -0.25) is 0 Å². The minimum atomic E-state index is -1.67. The van der Waals surface area contributed by atoms with E-state index >= 15 is 0 Å². The van der Waals surface area contributed by atoms with E-state index in [1.165, 1.54) is 25.7 Å². The van der Waals surface area contributed by atoms with E-state index in [0.717, 1.165) is 57.1 Å². The van der Waals surface area contributed by atoms with Crippen molar-refractivity contribution in [2.24, 2.45) is 0 Å². The number of benzene rings is 1. The van der Waals surface area contributed by atoms with Crippen molar-refractivity contribution in [1.82, 2.24) is 0 Å². The maximum atomic E-state index is 10.8. The molecule has 0 fully saturated rings. The third-order valence-electron chi connectivity index (χ3n) is 7.45. The zero-order chi connectivity index (χ0) is 26.9. The number of unbranched alkanes of at least 4 members (excludes halogenated alkanes) is 7. The van der Waals surface area contributed by atoms with E-state index in [-0.39, 0.29) is 5.04 Å². The lowest BCUT2D eigenvalue weighted by molar-refractivity contribution is -0.0230. The van der Waals surface area contributed by atoms with Crippen molar-refractivity contribution in [2.45, 2.75) is 141 Å². The molecule has 36 heavy (non-hydrogen) atoms. The summed E-state index contributed by atoms with van der Waals surface area (Å²) in [5.41, 5.74) is 1.09. The molecule has 208 valence electrons. The Hall–Kier alpha value is -0.983. The average molecular weight is 521 g/mol. The van der Waals surface area contributed by atoms with E-state index in [0.29, 0.717) is 6.61 Å². The van der Waals surface area contributed by atoms with Gasteiger partial charge in [0.2, 0.25) is 0 Å². The molecule has 3 atom stereocenters. The summed E-state index contributed by atoms with van der Waals surface area (Å²) in [6.45, 7) is 14.9. The van der Waals surface area contributed by atoms with Crippen LogP contribution in [0.1, 0.15) is 104 Å². The molecule has 0 amide bonds. The Morgan fingerprint density at radius 2 is 1.44 bits per heavy atom. The fourth-order valence-corrected chi connectivity index (χ4v) is 4.96. The van der Waals surface area contributed by atoms with Crippen LogP contribution in [-0.2, 0) is 15.8 Å². The Morgan fingerprint density at radius 1 is 0.833 bits per heavy atom. The number of rotatable bonds is 20. The van der Waals surface area contributed by atoms with Gasteiger partial charge in [0.1, 0.15) is 6.10 Å². The maximum absolute atomic E-state index is 10.8. The van der Waals surface area contributed by atoms with Crippen molar-refractivity contribution in [3.8, 4) is 0 Å². The third kappa shape index (κ3) is 14.7. The van der Waals surface area contributed by atoms with Crippen LogP contribution in [-0.4, -0.2) is 43.4 Å². The van der Waals surface area contributed by atoms with Crippen LogP contribution in [0.2, 0.25) is 18.1 Å². The van der Waals surface area contributed by atoms with Crippen LogP contribution in [0.5, 0.6) is 0 Å². The summed E-state index contributed by atoms with van der Waals surface area (Å²) in [5, 5.41) is 21.6. The molecule has 0 unspecified atom stereocenters. The van der Waals surface area contributed by atoms with Crippen LogP contribution < -0.4 is 0 Å². The summed E-state index contributed by atoms with van der Waals surface area (Å²) in [4.78, 5) is 0. The minimum absolute atomic E-state index is 0.243. The number of hydrogen-bond donors (Lipinski definition) is 2. The molecule has 5 heteroatoms. The molecule has 0 saturated carbocycles. The molecule has 1 aromatic carbocycles. The molecule has 2 N–H and O–H groups in total. The van der Waals surface area contributed by atoms with Gasteiger partial charge < -0.3 is 19.4 Å². The van der Waals surface area contributed by atoms with Crippen molar-refractivity contribution in [1.29, 1.82) is 0 Å². The summed E-state index contributed by atoms with van der Waals surface area (Å²) in [6.07, 6.45) is 13.9. The summed E-state index contributed by atoms with van der Waals surface area (Å²) in [5.74, 6) is 0. The molecule has 0 radical (unpaired) electrons. The molecule has 0 aliphatic rings. The van der Waals surface area contributed by atoms with Gasteiger partial charge in [-0.15, -0.1) is 0 Å². The maximum Gasteiger partial charge on any atom is 0.191 e. The highest BCUT2D eigenvalue weighted by molar-refractivity contribution is 6.74. The summed E-state index contributed by atoms with van der Waals surface area (Å²) in [7, 11) is -1.67. The molecule has 0 aliphatic carbocycles. The normalized spacial score (nSPS) is 15.3. The first kappa shape index (κ1) is 33.0. The van der Waals surface area contributed by atoms with Gasteiger partial charge in [-0.25, -0.2) is 0 Å². The largest absolute Gasteiger partial charge is 0.417 e. The van der Waals surface area contributed by atoms with Gasteiger partial charge in [-0.1, -0.05) is 122 Å². The Balaban J connectivity index is 2.45. The molecule has 1 aromatic rings. The summed E-state index contributed by atoms with van der Waals surface area (Å²) in [6, 6.07) is 10.0. The van der Waals surface area contributed by atoms with E-state index in [1.54, 1.807) is 0 Å². The lowest BCUT2D eigenvalue weighted by Gasteiger charge is -2.36. The molecule has 0 aliphatic heterocycles. The van der Waals surface area contributed by atoms with Gasteiger partial charge in [0.25, 0.3) is 0 Å². The van der Waals surface area contributed by atoms with Gasteiger partial charge >= 0.3 is 0 Å². The Bertz CT molecular complexity index is 684. The van der Waals surface area contributed by atoms with Gasteiger partial charge in [-0.2, -0.15) is 0 Å². The first-order chi connectivity index (χ1) is 17.1. The van der Waals surface area contributed by atoms with Crippen molar-refractivity contribution >= 4 is 8.32 Å². The molecular formula is C31H56O4Si. The summed E-state index contributed by atoms with van der Waals surface area (Å²) < 4.78 is 12.3. The molecule has 0 heterocycles. The smallest absolute Gasteiger partial charge is 0.191 e. The standard InChI is InChI=1S/C31H56O4Si/c1-7-8-9-10-11-17-22-29(33)30(34-26-27-19-14-12-15-20-27)24-23-28(32)21-16-13-18-25-35-36(5,6)31(2,3)4/h12,14-15,19-20,23-24,28-30,32-33H,7-11,13,16-18,21-22,25-26H2,1-6H3/b24-23+/t28-,29+,30-/m1/s1. The quantitative estimate of drug-likeness (QED) is 0.103. The van der Waals surface area contributed by atoms with Crippen molar-refractivity contribution < 1.29 is 19.4 Å². The Labute approximate surface area is 223 Å². The second-order valence-electron chi connectivity index (χ2n) is 11.8. The highest BCUT2D eigenvalue weighted by atomic mass is 28.4. The number of ether oxygens (including phenoxy) is 1. The Kier molecular flexibility index (Phi) is 16.8. The lowest BCUT2D eigenvalue weighted by Crippen LogP contribution is -2.40. The fraction of sp³-hybridized carbons (Fsp3) is 0.742. The molecule has 0 saturated heterocycles. The number of hydrogen-bond acceptors (Lipinski definition) is 4. The molecule has 0 bridgehead atoms. The molecule has 1 rings (SSSR count). The Morgan fingerprint density at radius 3 is 2.11 bits per heavy atom. The zero-order valence-electron chi connectivity index (χ0n) is 24.2. The molecular weight excluding hydrogens is 464 g/mol. The average Bonchev–Trinajstić information content (AvgIpc) is 2.83. The topological polar surface area (TPSA) is 58.9 Å². The van der Waals surface area contributed by atoms with Crippen molar-refractivity contribution in [3.05, 3.63) is 48.0 Å². The van der Waals surface area contributed by atoms with Crippen LogP contribution in [0, 0.1) is 0 Å². The van der Waals surface area contributed by atoms with Gasteiger partial charge in [0.05, 0.1) is 18.8 Å². The van der Waals surface area contributed by atoms with E-state index < -0.39 is 26.6 Å². The van der Waals surface area contributed by atoms with Gasteiger partial charge in [0, 0.05) is 6.61 Å². The van der Waals surface area contributed by atoms with Crippen molar-refractivity contribution in [3.63, 3.8) is 0 Å². The van der Waals surface area contributed by atoms with Crippen molar-refractivity contribution in [2.75, 3.05) is 6.61 Å². The number of aliphatic hydroxyl groups is 2. The van der Waals surface area contributed by atoms with E-state index in [9.17, 15) is 10.2 Å². The molecule has 4 nitrogen and oxygen atoms in total. The van der Waals surface area contributed by atoms with Crippen LogP contribution in [0.25, 0.3) is 0 Å². The van der Waals surface area contributed by atoms with Crippen LogP contribution >= 0.6 is 0 Å². The minimum Gasteiger partial charge on any atom is -0.417 e. The van der Waals surface area contributed by atoms with Crippen LogP contribution in [0.4, 0.5) is 0 Å². The first-order valence-electron chi connectivity index (χ1n) is 14.4. The fourth-order valence-electron chi connectivity index (χ4n) is 3.87. The predicted octanol–water partition coefficient (Wildman–Crippen LogP) is 8.18. The highest BCUT2D eigenvalue weighted by Gasteiger charge is 2.36. The molecule has 0 spiro atoms. The monoisotopic (exact) mass is 520 g/mol. The second kappa shape index (κ2) is 18.3. The van der Waals surface area contributed by atoms with Gasteiger partial charge in [0.15, 0.2) is 8.32 Å². The van der Waals surface area contributed by atoms with E-state index in [1.807, 2.05) is 42.5 Å². The lowest BCUT2D eigenvalue weighted by atomic mass is 10.0. The first-order valence-corrected chi connectivity index (χ1v) is 17.3.